The van der Waals surface area contributed by atoms with E-state index in [-0.39, 0.29) is 16.8 Å². The van der Waals surface area contributed by atoms with Gasteiger partial charge in [0.15, 0.2) is 5.13 Å². The lowest BCUT2D eigenvalue weighted by Crippen LogP contribution is -1.81. The third-order valence-corrected chi connectivity index (χ3v) is 2.96. The van der Waals surface area contributed by atoms with Gasteiger partial charge in [-0.15, -0.1) is 22.9 Å². The lowest BCUT2D eigenvalue weighted by Gasteiger charge is -1.97. The minimum atomic E-state index is -0.370. The summed E-state index contributed by atoms with van der Waals surface area (Å²) in [5.74, 6) is -0.172. The van der Waals surface area contributed by atoms with Crippen LogP contribution in [0.3, 0.4) is 0 Å². The van der Waals surface area contributed by atoms with E-state index in [1.807, 2.05) is 0 Å². The Morgan fingerprint density at radius 3 is 2.69 bits per heavy atom. The average Bonchev–Trinajstić information content (AvgIpc) is 2.43. The zero-order valence-electron chi connectivity index (χ0n) is 6.48. The van der Waals surface area contributed by atoms with Crippen molar-refractivity contribution in [1.82, 2.24) is 0 Å². The van der Waals surface area contributed by atoms with E-state index in [9.17, 15) is 8.78 Å². The number of fused-ring (bicyclic) bond motifs is 1. The molecule has 0 aliphatic heterocycles. The maximum atomic E-state index is 12.9. The predicted octanol–water partition coefficient (Wildman–Crippen LogP) is 3.92. The third-order valence-electron chi connectivity index (χ3n) is 1.80. The predicted molar refractivity (Wildman–Crippen MR) is 51.3 cm³/mol. The summed E-state index contributed by atoms with van der Waals surface area (Å²) in [6, 6.07) is 4.04. The molecule has 0 fully saturated rings. The number of hydrogen-bond acceptors (Lipinski definition) is 1. The molecule has 0 saturated carbocycles. The van der Waals surface area contributed by atoms with Crippen molar-refractivity contribution in [3.63, 3.8) is 0 Å². The molecule has 0 nitrogen and oxygen atoms in total. The molecule has 1 aromatic carbocycles. The minimum absolute atomic E-state index is 0.199. The Morgan fingerprint density at radius 2 is 2.00 bits per heavy atom. The van der Waals surface area contributed by atoms with Gasteiger partial charge in [0.25, 0.3) is 0 Å². The number of hydrogen-bond donors (Lipinski definition) is 0. The molecule has 0 amide bonds. The standard InChI is InChI=1S/C9H5ClF2S/c10-4-5-1-6(11)2-8-7(5)3-9(12)13-8/h1-3H,4H2. The van der Waals surface area contributed by atoms with E-state index < -0.39 is 0 Å². The van der Waals surface area contributed by atoms with Crippen molar-refractivity contribution in [1.29, 1.82) is 0 Å². The van der Waals surface area contributed by atoms with E-state index in [0.29, 0.717) is 15.6 Å². The fraction of sp³-hybridized carbons (Fsp3) is 0.111. The largest absolute Gasteiger partial charge is 0.207 e. The van der Waals surface area contributed by atoms with Crippen LogP contribution in [-0.2, 0) is 5.88 Å². The molecular formula is C9H5ClF2S. The summed E-state index contributed by atoms with van der Waals surface area (Å²) < 4.78 is 26.3. The molecule has 4 heteroatoms. The highest BCUT2D eigenvalue weighted by Gasteiger charge is 2.07. The summed E-state index contributed by atoms with van der Waals surface area (Å²) in [4.78, 5) is 0. The topological polar surface area (TPSA) is 0 Å². The SMILES string of the molecule is Fc1cc(CCl)c2cc(F)sc2c1. The van der Waals surface area contributed by atoms with Crippen molar-refractivity contribution >= 4 is 33.0 Å². The highest BCUT2D eigenvalue weighted by Crippen LogP contribution is 2.29. The second kappa shape index (κ2) is 3.24. The molecule has 1 aromatic heterocycles. The Kier molecular flexibility index (Phi) is 2.22. The van der Waals surface area contributed by atoms with Crippen LogP contribution < -0.4 is 0 Å². The van der Waals surface area contributed by atoms with Crippen molar-refractivity contribution < 1.29 is 8.78 Å². The lowest BCUT2D eigenvalue weighted by molar-refractivity contribution is 0.628. The Bertz CT molecular complexity index is 450. The zero-order valence-corrected chi connectivity index (χ0v) is 8.05. The van der Waals surface area contributed by atoms with Gasteiger partial charge in [0.1, 0.15) is 5.82 Å². The zero-order chi connectivity index (χ0) is 9.42. The number of halogens is 3. The normalized spacial score (nSPS) is 11.0. The first-order valence-corrected chi connectivity index (χ1v) is 4.99. The molecule has 68 valence electrons. The van der Waals surface area contributed by atoms with Crippen LogP contribution in [0.25, 0.3) is 10.1 Å². The van der Waals surface area contributed by atoms with Gasteiger partial charge in [-0.2, -0.15) is 4.39 Å². The van der Waals surface area contributed by atoms with Crippen LogP contribution >= 0.6 is 22.9 Å². The first-order valence-electron chi connectivity index (χ1n) is 3.64. The molecule has 0 unspecified atom stereocenters. The molecule has 0 N–H and O–H groups in total. The summed E-state index contributed by atoms with van der Waals surface area (Å²) in [6.07, 6.45) is 0. The molecule has 2 rings (SSSR count). The number of thiophene rings is 1. The van der Waals surface area contributed by atoms with Gasteiger partial charge in [0.05, 0.1) is 0 Å². The van der Waals surface area contributed by atoms with E-state index in [2.05, 4.69) is 0 Å². The minimum Gasteiger partial charge on any atom is -0.207 e. The Morgan fingerprint density at radius 1 is 1.23 bits per heavy atom. The number of alkyl halides is 1. The van der Waals surface area contributed by atoms with Gasteiger partial charge < -0.3 is 0 Å². The maximum absolute atomic E-state index is 12.9. The lowest BCUT2D eigenvalue weighted by atomic mass is 10.1. The fourth-order valence-electron chi connectivity index (χ4n) is 1.25. The van der Waals surface area contributed by atoms with E-state index >= 15 is 0 Å². The number of benzene rings is 1. The third kappa shape index (κ3) is 1.54. The molecule has 0 bridgehead atoms. The van der Waals surface area contributed by atoms with Gasteiger partial charge in [-0.05, 0) is 23.8 Å². The monoisotopic (exact) mass is 218 g/mol. The second-order valence-corrected chi connectivity index (χ2v) is 3.96. The van der Waals surface area contributed by atoms with Crippen LogP contribution in [0.2, 0.25) is 0 Å². The van der Waals surface area contributed by atoms with Crippen molar-refractivity contribution in [2.75, 3.05) is 0 Å². The summed E-state index contributed by atoms with van der Waals surface area (Å²) in [5, 5.41) is 0.394. The van der Waals surface area contributed by atoms with Crippen LogP contribution in [0.15, 0.2) is 18.2 Å². The van der Waals surface area contributed by atoms with Crippen LogP contribution in [0, 0.1) is 10.9 Å². The molecule has 0 atom stereocenters. The first-order chi connectivity index (χ1) is 6.20. The Labute approximate surface area is 82.8 Å². The molecule has 0 radical (unpaired) electrons. The van der Waals surface area contributed by atoms with Gasteiger partial charge in [0.2, 0.25) is 0 Å². The molecule has 0 saturated heterocycles. The van der Waals surface area contributed by atoms with E-state index in [1.165, 1.54) is 18.2 Å². The van der Waals surface area contributed by atoms with Crippen LogP contribution in [0.1, 0.15) is 5.56 Å². The summed E-state index contributed by atoms with van der Waals surface area (Å²) >= 11 is 6.53. The Hall–Kier alpha value is -0.670. The second-order valence-electron chi connectivity index (χ2n) is 2.66. The molecule has 0 spiro atoms. The molecule has 13 heavy (non-hydrogen) atoms. The van der Waals surface area contributed by atoms with Crippen molar-refractivity contribution in [2.45, 2.75) is 5.88 Å². The van der Waals surface area contributed by atoms with Gasteiger partial charge in [-0.25, -0.2) is 4.39 Å². The van der Waals surface area contributed by atoms with Gasteiger partial charge >= 0.3 is 0 Å². The highest BCUT2D eigenvalue weighted by molar-refractivity contribution is 7.17. The fourth-order valence-corrected chi connectivity index (χ4v) is 2.33. The molecular weight excluding hydrogens is 214 g/mol. The Balaban J connectivity index is 2.80. The van der Waals surface area contributed by atoms with E-state index in [4.69, 9.17) is 11.6 Å². The van der Waals surface area contributed by atoms with Crippen LogP contribution in [-0.4, -0.2) is 0 Å². The van der Waals surface area contributed by atoms with Gasteiger partial charge in [0, 0.05) is 16.0 Å². The van der Waals surface area contributed by atoms with Crippen LogP contribution in [0.5, 0.6) is 0 Å². The molecule has 0 aliphatic rings. The van der Waals surface area contributed by atoms with E-state index in [1.54, 1.807) is 0 Å². The summed E-state index contributed by atoms with van der Waals surface area (Å²) in [6.45, 7) is 0. The highest BCUT2D eigenvalue weighted by atomic mass is 35.5. The quantitative estimate of drug-likeness (QED) is 0.637. The molecule has 1 heterocycles. The van der Waals surface area contributed by atoms with Gasteiger partial charge in [-0.1, -0.05) is 0 Å². The number of rotatable bonds is 1. The first kappa shape index (κ1) is 8.91. The average molecular weight is 219 g/mol. The van der Waals surface area contributed by atoms with Crippen LogP contribution in [0.4, 0.5) is 8.78 Å². The van der Waals surface area contributed by atoms with Gasteiger partial charge in [-0.3, -0.25) is 0 Å². The van der Waals surface area contributed by atoms with E-state index in [0.717, 1.165) is 11.3 Å². The van der Waals surface area contributed by atoms with Crippen molar-refractivity contribution in [2.24, 2.45) is 0 Å². The van der Waals surface area contributed by atoms with Crippen molar-refractivity contribution in [3.8, 4) is 0 Å². The summed E-state index contributed by atoms with van der Waals surface area (Å²) in [5.41, 5.74) is 0.636. The van der Waals surface area contributed by atoms with Crippen molar-refractivity contribution in [3.05, 3.63) is 34.7 Å². The molecule has 2 aromatic rings. The molecule has 0 aliphatic carbocycles. The maximum Gasteiger partial charge on any atom is 0.177 e. The summed E-state index contributed by atoms with van der Waals surface area (Å²) in [7, 11) is 0. The smallest absolute Gasteiger partial charge is 0.177 e.